The quantitative estimate of drug-likeness (QED) is 0.567. The van der Waals surface area contributed by atoms with E-state index in [1.54, 1.807) is 25.7 Å². The van der Waals surface area contributed by atoms with E-state index in [9.17, 15) is 0 Å². The SMILES string of the molecule is CCCC1CC2(CC2)CC1C. The monoisotopic (exact) mass is 152 g/mol. The van der Waals surface area contributed by atoms with Crippen LogP contribution in [0.2, 0.25) is 0 Å². The molecule has 0 amide bonds. The highest BCUT2D eigenvalue weighted by atomic mass is 14.6. The number of hydrogen-bond acceptors (Lipinski definition) is 0. The Balaban J connectivity index is 1.92. The zero-order valence-corrected chi connectivity index (χ0v) is 7.90. The largest absolute Gasteiger partial charge is 0.0654 e. The molecule has 2 aliphatic rings. The summed E-state index contributed by atoms with van der Waals surface area (Å²) in [4.78, 5) is 0. The van der Waals surface area contributed by atoms with Gasteiger partial charge in [0, 0.05) is 0 Å². The Hall–Kier alpha value is 0. The summed E-state index contributed by atoms with van der Waals surface area (Å²) < 4.78 is 0. The van der Waals surface area contributed by atoms with Crippen LogP contribution in [0.5, 0.6) is 0 Å². The molecule has 2 atom stereocenters. The first-order valence-corrected chi connectivity index (χ1v) is 5.26. The Morgan fingerprint density at radius 1 is 1.27 bits per heavy atom. The van der Waals surface area contributed by atoms with Crippen LogP contribution in [-0.4, -0.2) is 0 Å². The number of hydrogen-bond donors (Lipinski definition) is 0. The van der Waals surface area contributed by atoms with E-state index in [4.69, 9.17) is 0 Å². The first-order valence-electron chi connectivity index (χ1n) is 5.26. The highest BCUT2D eigenvalue weighted by Gasteiger charge is 2.50. The van der Waals surface area contributed by atoms with Gasteiger partial charge < -0.3 is 0 Å². The molecular weight excluding hydrogens is 132 g/mol. The zero-order chi connectivity index (χ0) is 7.90. The maximum absolute atomic E-state index is 2.47. The van der Waals surface area contributed by atoms with Gasteiger partial charge in [0.25, 0.3) is 0 Å². The van der Waals surface area contributed by atoms with Crippen molar-refractivity contribution < 1.29 is 0 Å². The van der Waals surface area contributed by atoms with Gasteiger partial charge in [0.05, 0.1) is 0 Å². The molecule has 0 aromatic rings. The van der Waals surface area contributed by atoms with Crippen molar-refractivity contribution in [3.63, 3.8) is 0 Å². The summed E-state index contributed by atoms with van der Waals surface area (Å²) in [5.41, 5.74) is 0.888. The van der Waals surface area contributed by atoms with Gasteiger partial charge in [0.15, 0.2) is 0 Å². The second-order valence-corrected chi connectivity index (χ2v) is 4.93. The van der Waals surface area contributed by atoms with E-state index in [0.717, 1.165) is 17.3 Å². The van der Waals surface area contributed by atoms with Crippen molar-refractivity contribution in [2.75, 3.05) is 0 Å². The molecule has 64 valence electrons. The fourth-order valence-electron chi connectivity index (χ4n) is 3.03. The van der Waals surface area contributed by atoms with Gasteiger partial charge in [-0.1, -0.05) is 26.7 Å². The second kappa shape index (κ2) is 2.50. The van der Waals surface area contributed by atoms with Gasteiger partial charge in [-0.3, -0.25) is 0 Å². The van der Waals surface area contributed by atoms with E-state index < -0.39 is 0 Å². The van der Waals surface area contributed by atoms with E-state index in [1.165, 1.54) is 12.8 Å². The van der Waals surface area contributed by atoms with Crippen molar-refractivity contribution in [1.29, 1.82) is 0 Å². The normalized spacial score (nSPS) is 39.8. The van der Waals surface area contributed by atoms with Crippen LogP contribution in [0.15, 0.2) is 0 Å². The van der Waals surface area contributed by atoms with Crippen molar-refractivity contribution in [3.05, 3.63) is 0 Å². The first-order chi connectivity index (χ1) is 5.26. The lowest BCUT2D eigenvalue weighted by Crippen LogP contribution is -2.02. The molecule has 0 bridgehead atoms. The average Bonchev–Trinajstić information content (AvgIpc) is 2.61. The van der Waals surface area contributed by atoms with Crippen LogP contribution in [0.4, 0.5) is 0 Å². The topological polar surface area (TPSA) is 0 Å². The van der Waals surface area contributed by atoms with Gasteiger partial charge in [0.2, 0.25) is 0 Å². The molecule has 0 nitrogen and oxygen atoms in total. The summed E-state index contributed by atoms with van der Waals surface area (Å²) in [5, 5.41) is 0. The Morgan fingerprint density at radius 3 is 2.45 bits per heavy atom. The standard InChI is InChI=1S/C11H20/c1-3-4-10-8-11(5-6-11)7-9(10)2/h9-10H,3-8H2,1-2H3. The molecule has 2 rings (SSSR count). The van der Waals surface area contributed by atoms with Crippen molar-refractivity contribution in [1.82, 2.24) is 0 Å². The van der Waals surface area contributed by atoms with Gasteiger partial charge in [0.1, 0.15) is 0 Å². The van der Waals surface area contributed by atoms with Crippen LogP contribution in [0.3, 0.4) is 0 Å². The van der Waals surface area contributed by atoms with Gasteiger partial charge in [-0.25, -0.2) is 0 Å². The molecule has 0 heterocycles. The van der Waals surface area contributed by atoms with Gasteiger partial charge in [-0.2, -0.15) is 0 Å². The molecule has 0 heteroatoms. The van der Waals surface area contributed by atoms with Crippen LogP contribution >= 0.6 is 0 Å². The van der Waals surface area contributed by atoms with E-state index in [2.05, 4.69) is 13.8 Å². The molecule has 0 saturated heterocycles. The summed E-state index contributed by atoms with van der Waals surface area (Å²) in [6, 6.07) is 0. The minimum atomic E-state index is 0.888. The molecule has 0 aromatic heterocycles. The first kappa shape index (κ1) is 7.64. The van der Waals surface area contributed by atoms with Crippen LogP contribution in [-0.2, 0) is 0 Å². The Kier molecular flexibility index (Phi) is 1.74. The number of rotatable bonds is 2. The molecule has 1 spiro atoms. The minimum absolute atomic E-state index is 0.888. The van der Waals surface area contributed by atoms with E-state index in [0.29, 0.717) is 0 Å². The van der Waals surface area contributed by atoms with Crippen molar-refractivity contribution in [3.8, 4) is 0 Å². The summed E-state index contributed by atoms with van der Waals surface area (Å²) in [5.74, 6) is 2.12. The molecule has 0 radical (unpaired) electrons. The van der Waals surface area contributed by atoms with Gasteiger partial charge in [-0.05, 0) is 42.9 Å². The highest BCUT2D eigenvalue weighted by Crippen LogP contribution is 2.62. The Morgan fingerprint density at radius 2 is 2.00 bits per heavy atom. The summed E-state index contributed by atoms with van der Waals surface area (Å²) >= 11 is 0. The smallest absolute Gasteiger partial charge is 0.0292 e. The molecule has 0 aromatic carbocycles. The molecule has 0 aliphatic heterocycles. The van der Waals surface area contributed by atoms with E-state index >= 15 is 0 Å². The summed E-state index contributed by atoms with van der Waals surface area (Å²) in [7, 11) is 0. The Bertz CT molecular complexity index is 144. The third-order valence-electron chi connectivity index (χ3n) is 3.87. The average molecular weight is 152 g/mol. The fraction of sp³-hybridized carbons (Fsp3) is 1.00. The fourth-order valence-corrected chi connectivity index (χ4v) is 3.03. The summed E-state index contributed by atoms with van der Waals surface area (Å²) in [6.07, 6.45) is 9.11. The minimum Gasteiger partial charge on any atom is -0.0654 e. The third-order valence-corrected chi connectivity index (χ3v) is 3.87. The molecule has 0 N–H and O–H groups in total. The van der Waals surface area contributed by atoms with Crippen LogP contribution in [0.25, 0.3) is 0 Å². The van der Waals surface area contributed by atoms with E-state index in [1.807, 2.05) is 0 Å². The maximum atomic E-state index is 2.47. The van der Waals surface area contributed by atoms with E-state index in [-0.39, 0.29) is 0 Å². The lowest BCUT2D eigenvalue weighted by atomic mass is 9.93. The lowest BCUT2D eigenvalue weighted by Gasteiger charge is -2.12. The maximum Gasteiger partial charge on any atom is -0.0292 e. The summed E-state index contributed by atoms with van der Waals surface area (Å²) in [6.45, 7) is 4.79. The van der Waals surface area contributed by atoms with Crippen molar-refractivity contribution in [2.45, 2.75) is 52.4 Å². The van der Waals surface area contributed by atoms with Crippen LogP contribution < -0.4 is 0 Å². The molecular formula is C11H20. The highest BCUT2D eigenvalue weighted by molar-refractivity contribution is 5.01. The predicted molar refractivity (Wildman–Crippen MR) is 48.5 cm³/mol. The second-order valence-electron chi connectivity index (χ2n) is 4.93. The Labute approximate surface area is 70.4 Å². The van der Waals surface area contributed by atoms with Crippen LogP contribution in [0, 0.1) is 17.3 Å². The predicted octanol–water partition coefficient (Wildman–Crippen LogP) is 3.61. The van der Waals surface area contributed by atoms with Gasteiger partial charge in [-0.15, -0.1) is 0 Å². The third kappa shape index (κ3) is 1.32. The van der Waals surface area contributed by atoms with Gasteiger partial charge >= 0.3 is 0 Å². The lowest BCUT2D eigenvalue weighted by molar-refractivity contribution is 0.386. The molecule has 2 fully saturated rings. The molecule has 2 saturated carbocycles. The molecule has 2 aliphatic carbocycles. The van der Waals surface area contributed by atoms with Crippen LogP contribution in [0.1, 0.15) is 52.4 Å². The molecule has 11 heavy (non-hydrogen) atoms. The zero-order valence-electron chi connectivity index (χ0n) is 7.90. The van der Waals surface area contributed by atoms with Crippen molar-refractivity contribution >= 4 is 0 Å². The van der Waals surface area contributed by atoms with Crippen molar-refractivity contribution in [2.24, 2.45) is 17.3 Å². The molecule has 2 unspecified atom stereocenters.